The lowest BCUT2D eigenvalue weighted by atomic mass is 10.3. The molecule has 0 aromatic heterocycles. The predicted octanol–water partition coefficient (Wildman–Crippen LogP) is 2.15. The SMILES string of the molecule is O=CCl.O=[N+]([O-])c1ccc(F)cc1. The van der Waals surface area contributed by atoms with Gasteiger partial charge in [0.1, 0.15) is 5.82 Å². The van der Waals surface area contributed by atoms with E-state index in [1.807, 2.05) is 0 Å². The first-order valence-corrected chi connectivity index (χ1v) is 3.49. The van der Waals surface area contributed by atoms with E-state index in [2.05, 4.69) is 11.6 Å². The van der Waals surface area contributed by atoms with Gasteiger partial charge in [0, 0.05) is 12.1 Å². The highest BCUT2D eigenvalue weighted by Gasteiger charge is 2.01. The molecule has 4 nitrogen and oxygen atoms in total. The third-order valence-corrected chi connectivity index (χ3v) is 1.04. The van der Waals surface area contributed by atoms with Crippen LogP contribution in [-0.4, -0.2) is 10.7 Å². The monoisotopic (exact) mass is 205 g/mol. The number of non-ortho nitro benzene ring substituents is 1. The van der Waals surface area contributed by atoms with Crippen molar-refractivity contribution in [3.8, 4) is 0 Å². The van der Waals surface area contributed by atoms with Crippen LogP contribution in [0.5, 0.6) is 0 Å². The Hall–Kier alpha value is -1.49. The second-order valence-electron chi connectivity index (χ2n) is 1.82. The summed E-state index contributed by atoms with van der Waals surface area (Å²) in [6.45, 7) is 0. The maximum Gasteiger partial charge on any atom is 0.269 e. The van der Waals surface area contributed by atoms with Crippen LogP contribution in [0.25, 0.3) is 0 Å². The molecule has 0 saturated carbocycles. The van der Waals surface area contributed by atoms with Crippen LogP contribution < -0.4 is 0 Å². The van der Waals surface area contributed by atoms with Gasteiger partial charge in [0.15, 0.2) is 0 Å². The van der Waals surface area contributed by atoms with Crippen molar-refractivity contribution in [3.05, 3.63) is 40.2 Å². The summed E-state index contributed by atoms with van der Waals surface area (Å²) in [5.74, 6) is -0.245. The first kappa shape index (κ1) is 11.5. The Bertz CT molecular complexity index is 288. The average Bonchev–Trinajstić information content (AvgIpc) is 2.06. The van der Waals surface area contributed by atoms with Crippen molar-refractivity contribution in [2.75, 3.05) is 0 Å². The van der Waals surface area contributed by atoms with Gasteiger partial charge in [-0.2, -0.15) is 0 Å². The molecule has 1 aromatic rings. The lowest BCUT2D eigenvalue weighted by Crippen LogP contribution is -1.86. The minimum atomic E-state index is -0.570. The Balaban J connectivity index is 0.000000424. The standard InChI is InChI=1S/C6H4FNO2.CHClO/c7-5-1-3-6(4-2-5)8(9)10;2-1-3/h1-4H;1H. The minimum absolute atomic E-state index is 0.0959. The summed E-state index contributed by atoms with van der Waals surface area (Å²) in [6, 6.07) is 4.35. The zero-order valence-corrected chi connectivity index (χ0v) is 7.07. The van der Waals surface area contributed by atoms with Crippen LogP contribution in [0.4, 0.5) is 10.1 Å². The van der Waals surface area contributed by atoms with E-state index in [9.17, 15) is 14.5 Å². The van der Waals surface area contributed by atoms with Gasteiger partial charge in [-0.1, -0.05) is 0 Å². The Kier molecular flexibility index (Phi) is 5.38. The maximum absolute atomic E-state index is 12.1. The van der Waals surface area contributed by atoms with Crippen LogP contribution in [0, 0.1) is 15.9 Å². The molecule has 0 bridgehead atoms. The normalized spacial score (nSPS) is 8.15. The molecule has 1 aromatic carbocycles. The summed E-state index contributed by atoms with van der Waals surface area (Å²) >= 11 is 4.32. The largest absolute Gasteiger partial charge is 0.285 e. The number of nitro benzene ring substituents is 1. The van der Waals surface area contributed by atoms with E-state index in [0.29, 0.717) is 0 Å². The summed E-state index contributed by atoms with van der Waals surface area (Å²) in [6.07, 6.45) is 0. The average molecular weight is 206 g/mol. The number of nitro groups is 1. The predicted molar refractivity (Wildman–Crippen MR) is 45.7 cm³/mol. The Morgan fingerprint density at radius 1 is 1.38 bits per heavy atom. The van der Waals surface area contributed by atoms with Crippen LogP contribution in [0.1, 0.15) is 0 Å². The van der Waals surface area contributed by atoms with Crippen molar-refractivity contribution >= 4 is 23.0 Å². The smallest absolute Gasteiger partial charge is 0.269 e. The Labute approximate surface area is 78.1 Å². The van der Waals surface area contributed by atoms with Gasteiger partial charge < -0.3 is 0 Å². The molecule has 0 unspecified atom stereocenters. The second kappa shape index (κ2) is 6.07. The van der Waals surface area contributed by atoms with Gasteiger partial charge in [0.2, 0.25) is 5.75 Å². The lowest BCUT2D eigenvalue weighted by molar-refractivity contribution is -0.384. The summed E-state index contributed by atoms with van der Waals surface area (Å²) in [4.78, 5) is 18.0. The van der Waals surface area contributed by atoms with Gasteiger partial charge >= 0.3 is 0 Å². The molecule has 0 spiro atoms. The van der Waals surface area contributed by atoms with Crippen LogP contribution in [-0.2, 0) is 4.79 Å². The summed E-state index contributed by atoms with van der Waals surface area (Å²) < 4.78 is 12.1. The number of carbonyl (C=O) groups is 1. The number of rotatable bonds is 1. The highest BCUT2D eigenvalue weighted by molar-refractivity contribution is 6.54. The fourth-order valence-electron chi connectivity index (χ4n) is 0.563. The zero-order valence-electron chi connectivity index (χ0n) is 6.31. The van der Waals surface area contributed by atoms with Gasteiger partial charge in [0.25, 0.3) is 5.69 Å². The van der Waals surface area contributed by atoms with Gasteiger partial charge in [-0.25, -0.2) is 4.39 Å². The molecular weight excluding hydrogens is 201 g/mol. The van der Waals surface area contributed by atoms with E-state index >= 15 is 0 Å². The third kappa shape index (κ3) is 4.86. The number of benzene rings is 1. The molecule has 70 valence electrons. The fraction of sp³-hybridized carbons (Fsp3) is 0. The summed E-state index contributed by atoms with van der Waals surface area (Å²) in [7, 11) is 0. The number of halogens is 2. The molecule has 0 atom stereocenters. The Morgan fingerprint density at radius 3 is 2.08 bits per heavy atom. The first-order chi connectivity index (χ1) is 6.11. The fourth-order valence-corrected chi connectivity index (χ4v) is 0.563. The molecule has 0 amide bonds. The molecule has 13 heavy (non-hydrogen) atoms. The van der Waals surface area contributed by atoms with E-state index < -0.39 is 10.7 Å². The lowest BCUT2D eigenvalue weighted by Gasteiger charge is -1.87. The molecule has 0 fully saturated rings. The van der Waals surface area contributed by atoms with Crippen molar-refractivity contribution in [1.29, 1.82) is 0 Å². The van der Waals surface area contributed by atoms with Crippen LogP contribution in [0.15, 0.2) is 24.3 Å². The highest BCUT2D eigenvalue weighted by atomic mass is 35.5. The van der Waals surface area contributed by atoms with E-state index in [0.717, 1.165) is 24.3 Å². The van der Waals surface area contributed by atoms with Crippen molar-refractivity contribution in [2.24, 2.45) is 0 Å². The topological polar surface area (TPSA) is 60.2 Å². The van der Waals surface area contributed by atoms with E-state index in [4.69, 9.17) is 4.79 Å². The molecule has 0 aliphatic carbocycles. The molecule has 0 N–H and O–H groups in total. The van der Waals surface area contributed by atoms with Gasteiger partial charge in [-0.05, 0) is 23.7 Å². The van der Waals surface area contributed by atoms with Gasteiger partial charge in [-0.3, -0.25) is 14.9 Å². The van der Waals surface area contributed by atoms with Gasteiger partial charge in [0.05, 0.1) is 4.92 Å². The number of carbonyl (C=O) groups excluding carboxylic acids is 1. The quantitative estimate of drug-likeness (QED) is 0.305. The Morgan fingerprint density at radius 2 is 1.77 bits per heavy atom. The van der Waals surface area contributed by atoms with E-state index in [-0.39, 0.29) is 11.4 Å². The van der Waals surface area contributed by atoms with Gasteiger partial charge in [-0.15, -0.1) is 0 Å². The molecule has 0 radical (unpaired) electrons. The van der Waals surface area contributed by atoms with Crippen molar-refractivity contribution < 1.29 is 14.1 Å². The molecule has 0 aliphatic rings. The van der Waals surface area contributed by atoms with Crippen LogP contribution in [0.3, 0.4) is 0 Å². The molecule has 0 heterocycles. The third-order valence-electron chi connectivity index (χ3n) is 1.04. The molecule has 1 rings (SSSR count). The molecule has 0 aliphatic heterocycles. The second-order valence-corrected chi connectivity index (χ2v) is 2.00. The summed E-state index contributed by atoms with van der Waals surface area (Å²) in [5.41, 5.74) is -0.0959. The zero-order chi connectivity index (χ0) is 10.3. The first-order valence-electron chi connectivity index (χ1n) is 3.05. The van der Waals surface area contributed by atoms with Crippen molar-refractivity contribution in [2.45, 2.75) is 0 Å². The minimum Gasteiger partial charge on any atom is -0.285 e. The number of hydrogen-bond acceptors (Lipinski definition) is 3. The van der Waals surface area contributed by atoms with E-state index in [1.54, 1.807) is 0 Å². The van der Waals surface area contributed by atoms with Crippen molar-refractivity contribution in [1.82, 2.24) is 0 Å². The van der Waals surface area contributed by atoms with Crippen LogP contribution in [0.2, 0.25) is 0 Å². The molecule has 6 heteroatoms. The van der Waals surface area contributed by atoms with E-state index in [1.165, 1.54) is 0 Å². The number of nitrogens with zero attached hydrogens (tertiary/aromatic N) is 1. The van der Waals surface area contributed by atoms with Crippen LogP contribution >= 0.6 is 11.6 Å². The summed E-state index contributed by atoms with van der Waals surface area (Å²) in [5, 5.41) is 10.00. The molecular formula is C7H5ClFNO3. The highest BCUT2D eigenvalue weighted by Crippen LogP contribution is 2.09. The number of hydrogen-bond donors (Lipinski definition) is 0. The van der Waals surface area contributed by atoms with Crippen molar-refractivity contribution in [3.63, 3.8) is 0 Å². The molecule has 0 saturated heterocycles. The maximum atomic E-state index is 12.1.